The Morgan fingerprint density at radius 3 is 2.02 bits per heavy atom. The van der Waals surface area contributed by atoms with Crippen molar-refractivity contribution in [2.75, 3.05) is 26.2 Å². The van der Waals surface area contributed by atoms with Gasteiger partial charge in [0.2, 0.25) is 11.8 Å². The smallest absolute Gasteiger partial charge is 0.253 e. The van der Waals surface area contributed by atoms with E-state index in [1.54, 1.807) is 49.9 Å². The van der Waals surface area contributed by atoms with Gasteiger partial charge < -0.3 is 26.6 Å². The molecule has 3 atom stereocenters. The van der Waals surface area contributed by atoms with Gasteiger partial charge in [-0.05, 0) is 61.1 Å². The molecule has 2 aromatic rings. The second kappa shape index (κ2) is 17.3. The quantitative estimate of drug-likeness (QED) is 0.221. The number of hydrogen-bond acceptors (Lipinski definition) is 5. The van der Waals surface area contributed by atoms with Gasteiger partial charge in [0.25, 0.3) is 11.8 Å². The van der Waals surface area contributed by atoms with Crippen LogP contribution in [0.25, 0.3) is 0 Å². The summed E-state index contributed by atoms with van der Waals surface area (Å²) in [4.78, 5) is 52.5. The molecule has 0 saturated heterocycles. The standard InChI is InChI=1S/C32H45F2N5O4/c1-6-11-39(12-7-2)32(43)24-10-8-9-23(16-24)31(42)37-27(15-22-13-25(33)17-26(34)14-22)19-36-18-21(5)30(41)38-28(20(3)4)29(35)40/h8-10,13-14,16-17,20-21,27-28,36H,6-7,11-12,15,18-19H2,1-5H3,(H2,35,40)(H,37,42)(H,38,41)/t21-,27+,28+/m1/s1. The molecule has 0 aromatic heterocycles. The van der Waals surface area contributed by atoms with Gasteiger partial charge in [0, 0.05) is 55.3 Å². The summed E-state index contributed by atoms with van der Waals surface area (Å²) in [6, 6.07) is 8.20. The molecule has 43 heavy (non-hydrogen) atoms. The van der Waals surface area contributed by atoms with Crippen LogP contribution in [0.2, 0.25) is 0 Å². The van der Waals surface area contributed by atoms with Crippen molar-refractivity contribution in [1.29, 1.82) is 0 Å². The molecule has 11 heteroatoms. The van der Waals surface area contributed by atoms with E-state index in [-0.39, 0.29) is 42.8 Å². The van der Waals surface area contributed by atoms with Crippen LogP contribution in [0.3, 0.4) is 0 Å². The molecule has 4 amide bonds. The van der Waals surface area contributed by atoms with Crippen molar-refractivity contribution in [3.63, 3.8) is 0 Å². The normalized spacial score (nSPS) is 13.2. The fourth-order valence-corrected chi connectivity index (χ4v) is 4.72. The Morgan fingerprint density at radius 1 is 0.860 bits per heavy atom. The van der Waals surface area contributed by atoms with E-state index in [1.165, 1.54) is 12.1 Å². The van der Waals surface area contributed by atoms with Gasteiger partial charge in [-0.15, -0.1) is 0 Å². The van der Waals surface area contributed by atoms with E-state index in [1.807, 2.05) is 13.8 Å². The van der Waals surface area contributed by atoms with Crippen molar-refractivity contribution < 1.29 is 28.0 Å². The largest absolute Gasteiger partial charge is 0.368 e. The highest BCUT2D eigenvalue weighted by molar-refractivity contribution is 5.99. The molecule has 0 radical (unpaired) electrons. The molecular weight excluding hydrogens is 556 g/mol. The zero-order valence-electron chi connectivity index (χ0n) is 25.7. The topological polar surface area (TPSA) is 134 Å². The third-order valence-corrected chi connectivity index (χ3v) is 6.95. The molecule has 0 aliphatic heterocycles. The van der Waals surface area contributed by atoms with Gasteiger partial charge in [-0.1, -0.05) is 40.7 Å². The molecular formula is C32H45F2N5O4. The number of nitrogens with two attached hydrogens (primary N) is 1. The zero-order valence-corrected chi connectivity index (χ0v) is 25.7. The van der Waals surface area contributed by atoms with E-state index in [2.05, 4.69) is 16.0 Å². The van der Waals surface area contributed by atoms with Crippen LogP contribution in [-0.4, -0.2) is 66.8 Å². The van der Waals surface area contributed by atoms with E-state index in [0.717, 1.165) is 18.9 Å². The first-order chi connectivity index (χ1) is 20.4. The lowest BCUT2D eigenvalue weighted by atomic mass is 10.0. The minimum Gasteiger partial charge on any atom is -0.368 e. The number of nitrogens with zero attached hydrogens (tertiary/aromatic N) is 1. The van der Waals surface area contributed by atoms with Gasteiger partial charge in [-0.25, -0.2) is 8.78 Å². The second-order valence-corrected chi connectivity index (χ2v) is 11.2. The van der Waals surface area contributed by atoms with Gasteiger partial charge in [0.05, 0.1) is 0 Å². The number of carbonyl (C=O) groups is 4. The molecule has 236 valence electrons. The van der Waals surface area contributed by atoms with E-state index < -0.39 is 41.5 Å². The van der Waals surface area contributed by atoms with Gasteiger partial charge in [0.1, 0.15) is 17.7 Å². The third kappa shape index (κ3) is 11.4. The number of carbonyl (C=O) groups excluding carboxylic acids is 4. The number of hydrogen-bond donors (Lipinski definition) is 4. The molecule has 2 aromatic carbocycles. The molecule has 0 aliphatic carbocycles. The van der Waals surface area contributed by atoms with Gasteiger partial charge in [0.15, 0.2) is 0 Å². The highest BCUT2D eigenvalue weighted by Crippen LogP contribution is 2.13. The van der Waals surface area contributed by atoms with Crippen LogP contribution in [0.1, 0.15) is 73.7 Å². The first-order valence-electron chi connectivity index (χ1n) is 14.8. The predicted molar refractivity (Wildman–Crippen MR) is 162 cm³/mol. The van der Waals surface area contributed by atoms with Crippen LogP contribution < -0.4 is 21.7 Å². The Morgan fingerprint density at radius 2 is 1.47 bits per heavy atom. The van der Waals surface area contributed by atoms with Gasteiger partial charge in [-0.3, -0.25) is 19.2 Å². The minimum atomic E-state index is -0.802. The Labute approximate surface area is 253 Å². The molecule has 0 spiro atoms. The Bertz CT molecular complexity index is 1230. The van der Waals surface area contributed by atoms with E-state index in [4.69, 9.17) is 5.73 Å². The van der Waals surface area contributed by atoms with Crippen LogP contribution in [0.4, 0.5) is 8.78 Å². The third-order valence-electron chi connectivity index (χ3n) is 6.95. The van der Waals surface area contributed by atoms with Gasteiger partial charge in [-0.2, -0.15) is 0 Å². The summed E-state index contributed by atoms with van der Waals surface area (Å²) in [5.74, 6) is -3.78. The Kier molecular flexibility index (Phi) is 14.2. The summed E-state index contributed by atoms with van der Waals surface area (Å²) in [6.07, 6.45) is 1.72. The minimum absolute atomic E-state index is 0.102. The molecule has 2 rings (SSSR count). The first-order valence-corrected chi connectivity index (χ1v) is 14.8. The summed E-state index contributed by atoms with van der Waals surface area (Å²) in [7, 11) is 0. The number of rotatable bonds is 17. The number of amides is 4. The fourth-order valence-electron chi connectivity index (χ4n) is 4.72. The second-order valence-electron chi connectivity index (χ2n) is 11.2. The number of nitrogens with one attached hydrogen (secondary N) is 3. The molecule has 0 fully saturated rings. The fraction of sp³-hybridized carbons (Fsp3) is 0.500. The van der Waals surface area contributed by atoms with E-state index in [9.17, 15) is 28.0 Å². The van der Waals surface area contributed by atoms with E-state index in [0.29, 0.717) is 24.2 Å². The predicted octanol–water partition coefficient (Wildman–Crippen LogP) is 3.42. The molecule has 0 unspecified atom stereocenters. The van der Waals surface area contributed by atoms with Crippen LogP contribution in [0, 0.1) is 23.5 Å². The van der Waals surface area contributed by atoms with Crippen LogP contribution >= 0.6 is 0 Å². The Hall–Kier alpha value is -3.86. The van der Waals surface area contributed by atoms with Crippen molar-refractivity contribution in [2.45, 2.75) is 66.0 Å². The highest BCUT2D eigenvalue weighted by atomic mass is 19.1. The number of benzene rings is 2. The van der Waals surface area contributed by atoms with Gasteiger partial charge >= 0.3 is 0 Å². The zero-order chi connectivity index (χ0) is 32.1. The summed E-state index contributed by atoms with van der Waals surface area (Å²) < 4.78 is 27.8. The average Bonchev–Trinajstić information content (AvgIpc) is 2.94. The Balaban J connectivity index is 2.17. The maximum Gasteiger partial charge on any atom is 0.253 e. The molecule has 0 heterocycles. The van der Waals surface area contributed by atoms with Crippen molar-refractivity contribution >= 4 is 23.6 Å². The van der Waals surface area contributed by atoms with E-state index >= 15 is 0 Å². The maximum absolute atomic E-state index is 13.9. The van der Waals surface area contributed by atoms with Crippen molar-refractivity contribution in [3.05, 3.63) is 70.8 Å². The van der Waals surface area contributed by atoms with Crippen LogP contribution in [0.15, 0.2) is 42.5 Å². The molecule has 0 saturated carbocycles. The van der Waals surface area contributed by atoms with Crippen molar-refractivity contribution in [2.24, 2.45) is 17.6 Å². The summed E-state index contributed by atoms with van der Waals surface area (Å²) in [6.45, 7) is 10.8. The summed E-state index contributed by atoms with van der Waals surface area (Å²) in [5.41, 5.74) is 6.41. The van der Waals surface area contributed by atoms with Crippen LogP contribution in [0.5, 0.6) is 0 Å². The molecule has 9 nitrogen and oxygen atoms in total. The van der Waals surface area contributed by atoms with Crippen molar-refractivity contribution in [3.8, 4) is 0 Å². The molecule has 5 N–H and O–H groups in total. The van der Waals surface area contributed by atoms with Crippen LogP contribution in [-0.2, 0) is 16.0 Å². The molecule has 0 aliphatic rings. The first kappa shape index (κ1) is 35.3. The SMILES string of the molecule is CCCN(CCC)C(=O)c1cccc(C(=O)N[C@H](CNC[C@@H](C)C(=O)N[C@H](C(N)=O)C(C)C)Cc2cc(F)cc(F)c2)c1. The summed E-state index contributed by atoms with van der Waals surface area (Å²) in [5, 5.41) is 8.70. The highest BCUT2D eigenvalue weighted by Gasteiger charge is 2.25. The average molecular weight is 602 g/mol. The summed E-state index contributed by atoms with van der Waals surface area (Å²) >= 11 is 0. The van der Waals surface area contributed by atoms with Crippen molar-refractivity contribution in [1.82, 2.24) is 20.9 Å². The lowest BCUT2D eigenvalue weighted by Gasteiger charge is -2.23. The monoisotopic (exact) mass is 601 g/mol. The number of halogens is 2. The number of primary amides is 1. The maximum atomic E-state index is 13.9. The lowest BCUT2D eigenvalue weighted by molar-refractivity contribution is -0.130. The molecule has 0 bridgehead atoms. The lowest BCUT2D eigenvalue weighted by Crippen LogP contribution is -2.51.